The summed E-state index contributed by atoms with van der Waals surface area (Å²) in [5, 5.41) is 10.1. The van der Waals surface area contributed by atoms with E-state index < -0.39 is 0 Å². The van der Waals surface area contributed by atoms with Crippen LogP contribution in [0.4, 0.5) is 0 Å². The minimum absolute atomic E-state index is 0.0424. The third-order valence-corrected chi connectivity index (χ3v) is 5.91. The average molecular weight is 238 g/mol. The van der Waals surface area contributed by atoms with Crippen LogP contribution in [0.2, 0.25) is 0 Å². The Labute approximate surface area is 107 Å². The van der Waals surface area contributed by atoms with Gasteiger partial charge in [-0.05, 0) is 60.7 Å². The molecule has 0 aliphatic heterocycles. The fourth-order valence-corrected chi connectivity index (χ4v) is 4.48. The van der Waals surface area contributed by atoms with E-state index in [9.17, 15) is 5.11 Å². The van der Waals surface area contributed by atoms with Crippen LogP contribution in [0.15, 0.2) is 0 Å². The Balaban J connectivity index is 2.14. The molecule has 0 spiro atoms. The van der Waals surface area contributed by atoms with Gasteiger partial charge in [-0.15, -0.1) is 0 Å². The smallest absolute Gasteiger partial charge is 0.0568 e. The van der Waals surface area contributed by atoms with Crippen LogP contribution in [0.3, 0.4) is 0 Å². The molecular weight excluding hydrogens is 208 g/mol. The molecule has 0 bridgehead atoms. The van der Waals surface area contributed by atoms with E-state index >= 15 is 0 Å². The quantitative estimate of drug-likeness (QED) is 0.669. The number of hydrogen-bond donors (Lipinski definition) is 1. The highest BCUT2D eigenvalue weighted by Crippen LogP contribution is 2.56. The van der Waals surface area contributed by atoms with Gasteiger partial charge in [-0.25, -0.2) is 0 Å². The van der Waals surface area contributed by atoms with Gasteiger partial charge in [-0.3, -0.25) is 0 Å². The van der Waals surface area contributed by atoms with E-state index in [1.807, 2.05) is 0 Å². The van der Waals surface area contributed by atoms with Crippen LogP contribution in [0.5, 0.6) is 0 Å². The molecule has 1 N–H and O–H groups in total. The summed E-state index contributed by atoms with van der Waals surface area (Å²) in [5.41, 5.74) is 0.947. The third kappa shape index (κ3) is 2.41. The summed E-state index contributed by atoms with van der Waals surface area (Å²) < 4.78 is 0. The molecule has 1 nitrogen and oxygen atoms in total. The van der Waals surface area contributed by atoms with Crippen molar-refractivity contribution >= 4 is 0 Å². The Hall–Kier alpha value is -0.0400. The molecule has 0 aromatic heterocycles. The second kappa shape index (κ2) is 4.26. The topological polar surface area (TPSA) is 20.2 Å². The number of aliphatic hydroxyl groups excluding tert-OH is 1. The summed E-state index contributed by atoms with van der Waals surface area (Å²) in [4.78, 5) is 0. The van der Waals surface area contributed by atoms with Crippen molar-refractivity contribution in [3.05, 3.63) is 0 Å². The number of fused-ring (bicyclic) bond motifs is 1. The first-order chi connectivity index (χ1) is 7.74. The van der Waals surface area contributed by atoms with E-state index in [0.29, 0.717) is 16.7 Å². The number of aliphatic hydroxyl groups is 1. The second-order valence-corrected chi connectivity index (χ2v) is 8.07. The SMILES string of the molecule is CC1C(O)CCC2(C)CC(C(C)(C)C)CCC12. The normalized spacial score (nSPS) is 47.6. The molecule has 0 heterocycles. The van der Waals surface area contributed by atoms with Crippen molar-refractivity contribution in [1.29, 1.82) is 0 Å². The van der Waals surface area contributed by atoms with E-state index in [1.165, 1.54) is 25.7 Å². The van der Waals surface area contributed by atoms with E-state index in [4.69, 9.17) is 0 Å². The van der Waals surface area contributed by atoms with Gasteiger partial charge < -0.3 is 5.11 Å². The van der Waals surface area contributed by atoms with Gasteiger partial charge in [0, 0.05) is 0 Å². The van der Waals surface area contributed by atoms with Crippen molar-refractivity contribution in [2.24, 2.45) is 28.6 Å². The number of hydrogen-bond acceptors (Lipinski definition) is 1. The Morgan fingerprint density at radius 1 is 1.12 bits per heavy atom. The Kier molecular flexibility index (Phi) is 3.36. The van der Waals surface area contributed by atoms with Gasteiger partial charge in [-0.1, -0.05) is 34.6 Å². The standard InChI is InChI=1S/C16H30O/c1-11-13-7-6-12(15(2,3)4)10-16(13,5)9-8-14(11)17/h11-14,17H,6-10H2,1-5H3. The predicted octanol–water partition coefficient (Wildman–Crippen LogP) is 4.25. The molecule has 0 saturated heterocycles. The lowest BCUT2D eigenvalue weighted by atomic mass is 9.52. The molecule has 100 valence electrons. The molecule has 2 aliphatic rings. The summed E-state index contributed by atoms with van der Waals surface area (Å²) >= 11 is 0. The summed E-state index contributed by atoms with van der Waals surface area (Å²) in [6.07, 6.45) is 6.27. The van der Waals surface area contributed by atoms with Crippen LogP contribution in [0.1, 0.15) is 66.7 Å². The molecule has 0 aromatic carbocycles. The maximum atomic E-state index is 10.1. The summed E-state index contributed by atoms with van der Waals surface area (Å²) in [6, 6.07) is 0. The lowest BCUT2D eigenvalue weighted by Gasteiger charge is -2.54. The molecule has 0 aromatic rings. The number of rotatable bonds is 0. The molecule has 2 rings (SSSR count). The largest absolute Gasteiger partial charge is 0.393 e. The summed E-state index contributed by atoms with van der Waals surface area (Å²) in [5.74, 6) is 2.13. The van der Waals surface area contributed by atoms with Gasteiger partial charge in [-0.2, -0.15) is 0 Å². The third-order valence-electron chi connectivity index (χ3n) is 5.91. The lowest BCUT2D eigenvalue weighted by molar-refractivity contribution is -0.0809. The van der Waals surface area contributed by atoms with Gasteiger partial charge in [0.15, 0.2) is 0 Å². The van der Waals surface area contributed by atoms with E-state index in [1.54, 1.807) is 0 Å². The van der Waals surface area contributed by atoms with Gasteiger partial charge in [0.1, 0.15) is 0 Å². The first kappa shape index (κ1) is 13.4. The first-order valence-corrected chi connectivity index (χ1v) is 7.42. The van der Waals surface area contributed by atoms with Crippen LogP contribution in [-0.2, 0) is 0 Å². The molecule has 17 heavy (non-hydrogen) atoms. The highest BCUT2D eigenvalue weighted by molar-refractivity contribution is 4.99. The van der Waals surface area contributed by atoms with E-state index in [0.717, 1.165) is 18.3 Å². The lowest BCUT2D eigenvalue weighted by Crippen LogP contribution is -2.47. The molecule has 2 fully saturated rings. The van der Waals surface area contributed by atoms with Crippen molar-refractivity contribution in [3.8, 4) is 0 Å². The van der Waals surface area contributed by atoms with Crippen molar-refractivity contribution in [3.63, 3.8) is 0 Å². The monoisotopic (exact) mass is 238 g/mol. The van der Waals surface area contributed by atoms with Gasteiger partial charge in [0.25, 0.3) is 0 Å². The van der Waals surface area contributed by atoms with Crippen molar-refractivity contribution in [2.45, 2.75) is 72.8 Å². The maximum absolute atomic E-state index is 10.1. The molecule has 0 radical (unpaired) electrons. The van der Waals surface area contributed by atoms with Crippen LogP contribution >= 0.6 is 0 Å². The minimum atomic E-state index is -0.0424. The Morgan fingerprint density at radius 2 is 1.76 bits per heavy atom. The molecule has 2 saturated carbocycles. The summed E-state index contributed by atoms with van der Waals surface area (Å²) in [6.45, 7) is 11.9. The predicted molar refractivity (Wildman–Crippen MR) is 72.8 cm³/mol. The van der Waals surface area contributed by atoms with Crippen LogP contribution in [0.25, 0.3) is 0 Å². The molecular formula is C16H30O. The zero-order chi connectivity index (χ0) is 12.8. The summed E-state index contributed by atoms with van der Waals surface area (Å²) in [7, 11) is 0. The van der Waals surface area contributed by atoms with Crippen molar-refractivity contribution in [2.75, 3.05) is 0 Å². The maximum Gasteiger partial charge on any atom is 0.0568 e. The second-order valence-electron chi connectivity index (χ2n) is 8.07. The molecule has 5 unspecified atom stereocenters. The van der Waals surface area contributed by atoms with Gasteiger partial charge >= 0.3 is 0 Å². The van der Waals surface area contributed by atoms with Gasteiger partial charge in [0.2, 0.25) is 0 Å². The fourth-order valence-electron chi connectivity index (χ4n) is 4.48. The Bertz CT molecular complexity index is 278. The van der Waals surface area contributed by atoms with Crippen molar-refractivity contribution in [1.82, 2.24) is 0 Å². The highest BCUT2D eigenvalue weighted by atomic mass is 16.3. The van der Waals surface area contributed by atoms with E-state index in [-0.39, 0.29) is 6.10 Å². The van der Waals surface area contributed by atoms with Gasteiger partial charge in [0.05, 0.1) is 6.10 Å². The average Bonchev–Trinajstić information content (AvgIpc) is 2.22. The zero-order valence-electron chi connectivity index (χ0n) is 12.3. The van der Waals surface area contributed by atoms with E-state index in [2.05, 4.69) is 34.6 Å². The minimum Gasteiger partial charge on any atom is -0.393 e. The van der Waals surface area contributed by atoms with Crippen LogP contribution in [0, 0.1) is 28.6 Å². The molecule has 2 aliphatic carbocycles. The fraction of sp³-hybridized carbons (Fsp3) is 1.00. The first-order valence-electron chi connectivity index (χ1n) is 7.42. The van der Waals surface area contributed by atoms with Crippen molar-refractivity contribution < 1.29 is 5.11 Å². The molecule has 0 amide bonds. The zero-order valence-corrected chi connectivity index (χ0v) is 12.3. The Morgan fingerprint density at radius 3 is 2.35 bits per heavy atom. The van der Waals surface area contributed by atoms with Crippen LogP contribution in [-0.4, -0.2) is 11.2 Å². The highest BCUT2D eigenvalue weighted by Gasteiger charge is 2.48. The van der Waals surface area contributed by atoms with Crippen LogP contribution < -0.4 is 0 Å². The molecule has 1 heteroatoms. The molecule has 5 atom stereocenters.